The minimum atomic E-state index is -1.66. The van der Waals surface area contributed by atoms with Crippen molar-refractivity contribution in [1.29, 1.82) is 5.26 Å². The summed E-state index contributed by atoms with van der Waals surface area (Å²) in [6, 6.07) is 12.7. The van der Waals surface area contributed by atoms with Crippen LogP contribution in [0.15, 0.2) is 61.3 Å². The maximum absolute atomic E-state index is 14.3. The molecule has 0 saturated carbocycles. The smallest absolute Gasteiger partial charge is 0.255 e. The van der Waals surface area contributed by atoms with Crippen LogP contribution < -0.4 is 10.6 Å². The fourth-order valence-electron chi connectivity index (χ4n) is 3.72. The molecule has 0 saturated heterocycles. The summed E-state index contributed by atoms with van der Waals surface area (Å²) in [7, 11) is 0. The van der Waals surface area contributed by atoms with Gasteiger partial charge in [0.05, 0.1) is 57.7 Å². The van der Waals surface area contributed by atoms with Crippen LogP contribution in [-0.4, -0.2) is 58.5 Å². The van der Waals surface area contributed by atoms with E-state index in [0.29, 0.717) is 39.5 Å². The van der Waals surface area contributed by atoms with E-state index in [1.807, 2.05) is 12.1 Å². The minimum Gasteiger partial charge on any atom is -0.387 e. The number of aliphatic hydroxyl groups is 1. The number of aromatic nitrogens is 6. The third-order valence-corrected chi connectivity index (χ3v) is 5.82. The van der Waals surface area contributed by atoms with Crippen molar-refractivity contribution in [2.75, 3.05) is 11.9 Å². The van der Waals surface area contributed by atoms with Crippen LogP contribution >= 0.6 is 0 Å². The maximum atomic E-state index is 14.3. The van der Waals surface area contributed by atoms with Gasteiger partial charge in [-0.05, 0) is 50.2 Å². The summed E-state index contributed by atoms with van der Waals surface area (Å²) in [6.07, 6.45) is 4.51. The Hall–Kier alpha value is -4.89. The molecule has 1 amide bonds. The highest BCUT2D eigenvalue weighted by Crippen LogP contribution is 2.28. The highest BCUT2D eigenvalue weighted by Gasteiger charge is 2.27. The van der Waals surface area contributed by atoms with Gasteiger partial charge in [-0.15, -0.1) is 10.2 Å². The molecule has 5 heterocycles. The van der Waals surface area contributed by atoms with Crippen LogP contribution in [0.2, 0.25) is 0 Å². The Kier molecular flexibility index (Phi) is 5.98. The van der Waals surface area contributed by atoms with Gasteiger partial charge in [0, 0.05) is 12.4 Å². The van der Waals surface area contributed by atoms with Crippen LogP contribution in [0.4, 0.5) is 15.8 Å². The van der Waals surface area contributed by atoms with Crippen molar-refractivity contribution in [1.82, 2.24) is 34.5 Å². The quantitative estimate of drug-likeness (QED) is 0.310. The first kappa shape index (κ1) is 23.8. The van der Waals surface area contributed by atoms with Crippen molar-refractivity contribution in [3.8, 4) is 17.5 Å². The molecule has 0 aliphatic rings. The lowest BCUT2D eigenvalue weighted by Crippen LogP contribution is -2.42. The third-order valence-electron chi connectivity index (χ3n) is 5.82. The summed E-state index contributed by atoms with van der Waals surface area (Å²) >= 11 is 0. The van der Waals surface area contributed by atoms with Gasteiger partial charge in [0.15, 0.2) is 5.65 Å². The number of carbonyl (C=O) groups is 1. The summed E-state index contributed by atoms with van der Waals surface area (Å²) in [5.74, 6) is -0.560. The molecule has 0 spiro atoms. The molecule has 3 N–H and O–H groups in total. The Bertz CT molecular complexity index is 1660. The van der Waals surface area contributed by atoms with Gasteiger partial charge in [-0.1, -0.05) is 0 Å². The summed E-state index contributed by atoms with van der Waals surface area (Å²) in [6.45, 7) is 2.30. The molecule has 11 nitrogen and oxygen atoms in total. The number of halogens is 1. The summed E-state index contributed by atoms with van der Waals surface area (Å²) in [4.78, 5) is 17.5. The molecule has 0 radical (unpaired) electrons. The van der Waals surface area contributed by atoms with E-state index in [-0.39, 0.29) is 12.1 Å². The molecule has 1 atom stereocenters. The molecule has 12 heteroatoms. The van der Waals surface area contributed by atoms with Crippen LogP contribution in [0.1, 0.15) is 29.8 Å². The molecule has 0 aliphatic carbocycles. The molecule has 37 heavy (non-hydrogen) atoms. The van der Waals surface area contributed by atoms with Gasteiger partial charge in [-0.2, -0.15) is 10.4 Å². The number of fused-ring (bicyclic) bond motifs is 2. The topological polar surface area (TPSA) is 146 Å². The minimum absolute atomic E-state index is 0.177. The Morgan fingerprint density at radius 1 is 1.24 bits per heavy atom. The average molecular weight is 500 g/mol. The summed E-state index contributed by atoms with van der Waals surface area (Å²) < 4.78 is 17.6. The van der Waals surface area contributed by atoms with Gasteiger partial charge in [0.1, 0.15) is 18.6 Å². The second-order valence-electron chi connectivity index (χ2n) is 9.00. The fourth-order valence-corrected chi connectivity index (χ4v) is 3.72. The summed E-state index contributed by atoms with van der Waals surface area (Å²) in [5, 5.41) is 37.0. The lowest BCUT2D eigenvalue weighted by atomic mass is 10.0. The van der Waals surface area contributed by atoms with E-state index < -0.39 is 17.7 Å². The molecule has 5 aromatic heterocycles. The summed E-state index contributed by atoms with van der Waals surface area (Å²) in [5.41, 5.74) is 2.60. The van der Waals surface area contributed by atoms with E-state index in [1.165, 1.54) is 26.2 Å². The zero-order valence-corrected chi connectivity index (χ0v) is 19.9. The molecule has 0 aromatic carbocycles. The number of hydrogen-bond donors (Lipinski definition) is 3. The van der Waals surface area contributed by atoms with Crippen molar-refractivity contribution in [2.45, 2.75) is 25.6 Å². The fraction of sp³-hybridized carbons (Fsp3) is 0.200. The van der Waals surface area contributed by atoms with Crippen molar-refractivity contribution in [3.05, 3.63) is 72.4 Å². The Morgan fingerprint density at radius 2 is 2.08 bits per heavy atom. The largest absolute Gasteiger partial charge is 0.387 e. The van der Waals surface area contributed by atoms with E-state index in [2.05, 4.69) is 37.0 Å². The van der Waals surface area contributed by atoms with Crippen LogP contribution in [0.5, 0.6) is 0 Å². The maximum Gasteiger partial charge on any atom is 0.255 e. The van der Waals surface area contributed by atoms with Gasteiger partial charge in [-0.3, -0.25) is 14.2 Å². The molecule has 186 valence electrons. The van der Waals surface area contributed by atoms with E-state index in [4.69, 9.17) is 5.26 Å². The number of amides is 1. The number of nitrogens with one attached hydrogen (secondary N) is 2. The second-order valence-corrected chi connectivity index (χ2v) is 9.00. The standard InChI is InChI=1S/C25H22FN9O2/c1-25(2,37)22(26)12-29-24(36)18-11-28-20(21-5-4-17-7-15(9-27)10-31-35(17)21)8-19(18)32-16-3-6-23-33-30-14-34(23)13-16/h3-8,10-11,13-14,22,37H,12H2,1-2H3,(H,28,32)(H,29,36)/t22-/m1/s1. The molecule has 5 aromatic rings. The van der Waals surface area contributed by atoms with Crippen LogP contribution in [0.3, 0.4) is 0 Å². The predicted molar refractivity (Wildman–Crippen MR) is 133 cm³/mol. The monoisotopic (exact) mass is 499 g/mol. The van der Waals surface area contributed by atoms with Crippen LogP contribution in [-0.2, 0) is 0 Å². The highest BCUT2D eigenvalue weighted by molar-refractivity contribution is 6.00. The molecule has 0 bridgehead atoms. The number of pyridine rings is 2. The zero-order valence-electron chi connectivity index (χ0n) is 19.9. The van der Waals surface area contributed by atoms with Crippen molar-refractivity contribution in [3.63, 3.8) is 0 Å². The molecule has 0 aliphatic heterocycles. The van der Waals surface area contributed by atoms with Gasteiger partial charge < -0.3 is 15.7 Å². The Labute approximate surface area is 210 Å². The number of nitrogens with zero attached hydrogens (tertiary/aromatic N) is 7. The number of nitriles is 1. The number of rotatable bonds is 7. The number of hydrogen-bond acceptors (Lipinski definition) is 8. The first-order valence-electron chi connectivity index (χ1n) is 11.3. The Morgan fingerprint density at radius 3 is 2.86 bits per heavy atom. The molecular weight excluding hydrogens is 477 g/mol. The molecule has 0 fully saturated rings. The Balaban J connectivity index is 1.52. The molecule has 0 unspecified atom stereocenters. The van der Waals surface area contributed by atoms with Gasteiger partial charge >= 0.3 is 0 Å². The van der Waals surface area contributed by atoms with Crippen molar-refractivity contribution >= 4 is 28.4 Å². The normalized spacial score (nSPS) is 12.4. The lowest BCUT2D eigenvalue weighted by Gasteiger charge is -2.22. The van der Waals surface area contributed by atoms with E-state index >= 15 is 0 Å². The average Bonchev–Trinajstić information content (AvgIpc) is 3.52. The highest BCUT2D eigenvalue weighted by atomic mass is 19.1. The number of anilines is 2. The lowest BCUT2D eigenvalue weighted by molar-refractivity contribution is -0.00177. The molecule has 5 rings (SSSR count). The zero-order chi connectivity index (χ0) is 26.2. The van der Waals surface area contributed by atoms with Gasteiger partial charge in [-0.25, -0.2) is 8.91 Å². The van der Waals surface area contributed by atoms with E-state index in [1.54, 1.807) is 45.7 Å². The first-order valence-corrected chi connectivity index (χ1v) is 11.3. The second kappa shape index (κ2) is 9.29. The van der Waals surface area contributed by atoms with E-state index in [9.17, 15) is 14.3 Å². The third kappa shape index (κ3) is 4.80. The number of carbonyl (C=O) groups excluding carboxylic acids is 1. The van der Waals surface area contributed by atoms with E-state index in [0.717, 1.165) is 0 Å². The SMILES string of the molecule is CC(C)(O)[C@H](F)CNC(=O)c1cnc(-c2ccc3cc(C#N)cnn23)cc1Nc1ccc2nncn2c1. The van der Waals surface area contributed by atoms with Crippen molar-refractivity contribution in [2.24, 2.45) is 0 Å². The van der Waals surface area contributed by atoms with Gasteiger partial charge in [0.25, 0.3) is 5.91 Å². The predicted octanol–water partition coefficient (Wildman–Crippen LogP) is 2.89. The van der Waals surface area contributed by atoms with Crippen LogP contribution in [0, 0.1) is 11.3 Å². The van der Waals surface area contributed by atoms with Crippen molar-refractivity contribution < 1.29 is 14.3 Å². The van der Waals surface area contributed by atoms with Gasteiger partial charge in [0.2, 0.25) is 0 Å². The molecular formula is C25H22FN9O2. The number of alkyl halides is 1. The first-order chi connectivity index (χ1) is 17.7. The van der Waals surface area contributed by atoms with Crippen LogP contribution in [0.25, 0.3) is 22.6 Å².